The summed E-state index contributed by atoms with van der Waals surface area (Å²) in [5, 5.41) is 2.99. The van der Waals surface area contributed by atoms with Crippen molar-refractivity contribution >= 4 is 29.1 Å². The van der Waals surface area contributed by atoms with Crippen molar-refractivity contribution < 1.29 is 19.1 Å². The minimum Gasteiger partial charge on any atom is -0.497 e. The van der Waals surface area contributed by atoms with Gasteiger partial charge < -0.3 is 19.9 Å². The highest BCUT2D eigenvalue weighted by molar-refractivity contribution is 6.02. The molecule has 2 aromatic carbocycles. The monoisotopic (exact) mass is 478 g/mol. The maximum absolute atomic E-state index is 12.8. The van der Waals surface area contributed by atoms with Gasteiger partial charge in [0.1, 0.15) is 5.75 Å². The minimum absolute atomic E-state index is 0.0935. The summed E-state index contributed by atoms with van der Waals surface area (Å²) < 4.78 is 5.18. The standard InChI is InChI=1S/C27H34N4O4/c1-35-22-12-9-21(10-13-22)11-14-26(33)30-16-5-15-29(18-19-30)20-25(32)28-23-6-2-3-7-24(23)31-17-4-8-27(31)34/h2-3,6-7,9-10,12-13H,4-5,8,11,14-20H2,1H3,(H,28,32). The van der Waals surface area contributed by atoms with Gasteiger partial charge in [0.2, 0.25) is 17.7 Å². The lowest BCUT2D eigenvalue weighted by atomic mass is 10.1. The van der Waals surface area contributed by atoms with Gasteiger partial charge in [-0.2, -0.15) is 0 Å². The number of anilines is 2. The first-order valence-electron chi connectivity index (χ1n) is 12.4. The number of methoxy groups -OCH3 is 1. The quantitative estimate of drug-likeness (QED) is 0.631. The van der Waals surface area contributed by atoms with Gasteiger partial charge in [0, 0.05) is 45.6 Å². The van der Waals surface area contributed by atoms with Crippen LogP contribution in [0, 0.1) is 0 Å². The molecule has 186 valence electrons. The van der Waals surface area contributed by atoms with E-state index in [9.17, 15) is 14.4 Å². The van der Waals surface area contributed by atoms with Crippen LogP contribution in [0.4, 0.5) is 11.4 Å². The van der Waals surface area contributed by atoms with Gasteiger partial charge in [0.15, 0.2) is 0 Å². The Morgan fingerprint density at radius 1 is 0.943 bits per heavy atom. The van der Waals surface area contributed by atoms with Crippen LogP contribution in [0.5, 0.6) is 5.75 Å². The maximum Gasteiger partial charge on any atom is 0.238 e. The van der Waals surface area contributed by atoms with Crippen LogP contribution in [0.3, 0.4) is 0 Å². The number of amides is 3. The molecular weight excluding hydrogens is 444 g/mol. The number of hydrogen-bond donors (Lipinski definition) is 1. The van der Waals surface area contributed by atoms with Gasteiger partial charge in [0.25, 0.3) is 0 Å². The Hall–Kier alpha value is -3.39. The molecule has 2 heterocycles. The number of rotatable bonds is 8. The lowest BCUT2D eigenvalue weighted by Crippen LogP contribution is -2.38. The van der Waals surface area contributed by atoms with E-state index < -0.39 is 0 Å². The molecular formula is C27H34N4O4. The Morgan fingerprint density at radius 2 is 1.74 bits per heavy atom. The third-order valence-corrected chi connectivity index (χ3v) is 6.64. The van der Waals surface area contributed by atoms with Crippen molar-refractivity contribution in [2.75, 3.05) is 56.6 Å². The molecule has 0 aromatic heterocycles. The van der Waals surface area contributed by atoms with Gasteiger partial charge in [-0.25, -0.2) is 0 Å². The minimum atomic E-state index is -0.108. The maximum atomic E-state index is 12.8. The Labute approximate surface area is 206 Å². The summed E-state index contributed by atoms with van der Waals surface area (Å²) in [4.78, 5) is 43.5. The summed E-state index contributed by atoms with van der Waals surface area (Å²) in [7, 11) is 1.64. The van der Waals surface area contributed by atoms with Crippen molar-refractivity contribution in [1.82, 2.24) is 9.80 Å². The number of nitrogens with one attached hydrogen (secondary N) is 1. The number of benzene rings is 2. The van der Waals surface area contributed by atoms with Crippen LogP contribution >= 0.6 is 0 Å². The molecule has 1 N–H and O–H groups in total. The summed E-state index contributed by atoms with van der Waals surface area (Å²) in [6.07, 6.45) is 3.39. The second-order valence-electron chi connectivity index (χ2n) is 9.07. The predicted molar refractivity (Wildman–Crippen MR) is 136 cm³/mol. The second-order valence-corrected chi connectivity index (χ2v) is 9.07. The van der Waals surface area contributed by atoms with Crippen LogP contribution in [-0.4, -0.2) is 73.9 Å². The molecule has 2 aromatic rings. The molecule has 8 nitrogen and oxygen atoms in total. The zero-order valence-electron chi connectivity index (χ0n) is 20.4. The first-order valence-corrected chi connectivity index (χ1v) is 12.4. The van der Waals surface area contributed by atoms with Crippen molar-refractivity contribution in [1.29, 1.82) is 0 Å². The lowest BCUT2D eigenvalue weighted by Gasteiger charge is -2.23. The molecule has 0 spiro atoms. The van der Waals surface area contributed by atoms with Crippen molar-refractivity contribution in [3.8, 4) is 5.75 Å². The van der Waals surface area contributed by atoms with Gasteiger partial charge in [-0.1, -0.05) is 24.3 Å². The van der Waals surface area contributed by atoms with E-state index >= 15 is 0 Å². The number of aryl methyl sites for hydroxylation is 1. The molecule has 2 fully saturated rings. The van der Waals surface area contributed by atoms with Crippen molar-refractivity contribution in [2.45, 2.75) is 32.1 Å². The normalized spacial score (nSPS) is 16.8. The molecule has 4 rings (SSSR count). The Kier molecular flexibility index (Phi) is 8.36. The van der Waals surface area contributed by atoms with Crippen LogP contribution < -0.4 is 15.0 Å². The van der Waals surface area contributed by atoms with E-state index in [4.69, 9.17) is 4.74 Å². The average Bonchev–Trinajstić information content (AvgIpc) is 3.16. The Bertz CT molecular complexity index is 1040. The van der Waals surface area contributed by atoms with E-state index in [1.165, 1.54) is 0 Å². The first kappa shape index (κ1) is 24.7. The summed E-state index contributed by atoms with van der Waals surface area (Å²) in [5.74, 6) is 0.945. The molecule has 0 atom stereocenters. The van der Waals surface area contributed by atoms with Crippen LogP contribution in [0.1, 0.15) is 31.2 Å². The Morgan fingerprint density at radius 3 is 2.49 bits per heavy atom. The first-order chi connectivity index (χ1) is 17.0. The van der Waals surface area contributed by atoms with Crippen LogP contribution in [-0.2, 0) is 20.8 Å². The summed E-state index contributed by atoms with van der Waals surface area (Å²) in [6.45, 7) is 3.69. The highest BCUT2D eigenvalue weighted by Crippen LogP contribution is 2.29. The van der Waals surface area contributed by atoms with E-state index in [2.05, 4.69) is 10.2 Å². The van der Waals surface area contributed by atoms with Crippen LogP contribution in [0.2, 0.25) is 0 Å². The SMILES string of the molecule is COc1ccc(CCC(=O)N2CCCN(CC(=O)Nc3ccccc3N3CCCC3=O)CC2)cc1. The van der Waals surface area contributed by atoms with Gasteiger partial charge in [-0.3, -0.25) is 19.3 Å². The number of ether oxygens (including phenoxy) is 1. The average molecular weight is 479 g/mol. The largest absolute Gasteiger partial charge is 0.497 e. The predicted octanol–water partition coefficient (Wildman–Crippen LogP) is 2.93. The third-order valence-electron chi connectivity index (χ3n) is 6.64. The highest BCUT2D eigenvalue weighted by Gasteiger charge is 2.25. The van der Waals surface area contributed by atoms with Crippen molar-refractivity contribution in [2.24, 2.45) is 0 Å². The number of carbonyl (C=O) groups excluding carboxylic acids is 3. The topological polar surface area (TPSA) is 82.2 Å². The van der Waals surface area contributed by atoms with E-state index in [1.54, 1.807) is 12.0 Å². The molecule has 35 heavy (non-hydrogen) atoms. The fraction of sp³-hybridized carbons (Fsp3) is 0.444. The van der Waals surface area contributed by atoms with Gasteiger partial charge in [-0.15, -0.1) is 0 Å². The molecule has 3 amide bonds. The molecule has 0 unspecified atom stereocenters. The fourth-order valence-corrected chi connectivity index (χ4v) is 4.69. The van der Waals surface area contributed by atoms with E-state index in [0.29, 0.717) is 51.1 Å². The molecule has 2 saturated heterocycles. The summed E-state index contributed by atoms with van der Waals surface area (Å²) >= 11 is 0. The van der Waals surface area contributed by atoms with Crippen LogP contribution in [0.25, 0.3) is 0 Å². The lowest BCUT2D eigenvalue weighted by molar-refractivity contribution is -0.131. The summed E-state index contributed by atoms with van der Waals surface area (Å²) in [5.41, 5.74) is 2.54. The van der Waals surface area contributed by atoms with E-state index in [1.807, 2.05) is 53.4 Å². The van der Waals surface area contributed by atoms with Crippen molar-refractivity contribution in [3.63, 3.8) is 0 Å². The van der Waals surface area contributed by atoms with Crippen LogP contribution in [0.15, 0.2) is 48.5 Å². The molecule has 0 radical (unpaired) electrons. The molecule has 8 heteroatoms. The second kappa shape index (κ2) is 11.8. The summed E-state index contributed by atoms with van der Waals surface area (Å²) in [6, 6.07) is 15.3. The number of hydrogen-bond acceptors (Lipinski definition) is 5. The highest BCUT2D eigenvalue weighted by atomic mass is 16.5. The smallest absolute Gasteiger partial charge is 0.238 e. The van der Waals surface area contributed by atoms with E-state index in [-0.39, 0.29) is 24.3 Å². The Balaban J connectivity index is 1.25. The zero-order chi connectivity index (χ0) is 24.6. The molecule has 0 bridgehead atoms. The van der Waals surface area contributed by atoms with E-state index in [0.717, 1.165) is 36.4 Å². The number of para-hydroxylation sites is 2. The van der Waals surface area contributed by atoms with Gasteiger partial charge in [-0.05, 0) is 49.1 Å². The molecule has 2 aliphatic heterocycles. The molecule has 2 aliphatic rings. The third kappa shape index (κ3) is 6.60. The number of carbonyl (C=O) groups is 3. The molecule has 0 aliphatic carbocycles. The van der Waals surface area contributed by atoms with Crippen molar-refractivity contribution in [3.05, 3.63) is 54.1 Å². The number of nitrogens with zero attached hydrogens (tertiary/aromatic N) is 3. The molecule has 0 saturated carbocycles. The zero-order valence-corrected chi connectivity index (χ0v) is 20.4. The van der Waals surface area contributed by atoms with Gasteiger partial charge >= 0.3 is 0 Å². The van der Waals surface area contributed by atoms with Gasteiger partial charge in [0.05, 0.1) is 25.0 Å². The fourth-order valence-electron chi connectivity index (χ4n) is 4.69.